The van der Waals surface area contributed by atoms with Crippen molar-refractivity contribution < 1.29 is 14.8 Å². The second-order valence-corrected chi connectivity index (χ2v) is 5.26. The largest absolute Gasteiger partial charge is 0.481 e. The number of H-pyrrole nitrogens is 1. The highest BCUT2D eigenvalue weighted by Crippen LogP contribution is 2.36. The van der Waals surface area contributed by atoms with Gasteiger partial charge in [-0.2, -0.15) is 0 Å². The summed E-state index contributed by atoms with van der Waals surface area (Å²) in [5, 5.41) is 20.7. The first-order chi connectivity index (χ1) is 9.45. The fourth-order valence-electron chi connectivity index (χ4n) is 2.32. The lowest BCUT2D eigenvalue weighted by Crippen LogP contribution is -1.98. The summed E-state index contributed by atoms with van der Waals surface area (Å²) < 4.78 is 0. The third-order valence-electron chi connectivity index (χ3n) is 3.22. The van der Waals surface area contributed by atoms with Crippen molar-refractivity contribution in [2.24, 2.45) is 0 Å². The number of nitro groups is 1. The molecule has 2 N–H and O–H groups in total. The molecule has 0 aliphatic heterocycles. The molecule has 0 saturated carbocycles. The van der Waals surface area contributed by atoms with E-state index in [1.807, 2.05) is 13.2 Å². The van der Waals surface area contributed by atoms with Gasteiger partial charge in [0.05, 0.1) is 4.92 Å². The van der Waals surface area contributed by atoms with Crippen LogP contribution >= 0.6 is 11.8 Å². The zero-order valence-electron chi connectivity index (χ0n) is 11.1. The molecular formula is C13H14N2O4S. The Morgan fingerprint density at radius 1 is 1.50 bits per heavy atom. The van der Waals surface area contributed by atoms with Crippen LogP contribution in [0.15, 0.2) is 17.0 Å². The Morgan fingerprint density at radius 3 is 2.75 bits per heavy atom. The maximum absolute atomic E-state index is 11.1. The topological polar surface area (TPSA) is 96.2 Å². The number of hydrogen-bond acceptors (Lipinski definition) is 4. The second-order valence-electron chi connectivity index (χ2n) is 4.42. The highest BCUT2D eigenvalue weighted by Gasteiger charge is 2.21. The summed E-state index contributed by atoms with van der Waals surface area (Å²) in [6, 6.07) is 3.19. The summed E-state index contributed by atoms with van der Waals surface area (Å²) in [5.41, 5.74) is 2.11. The lowest BCUT2D eigenvalue weighted by molar-refractivity contribution is -0.383. The van der Waals surface area contributed by atoms with Gasteiger partial charge >= 0.3 is 5.97 Å². The molecule has 1 aromatic carbocycles. The van der Waals surface area contributed by atoms with Gasteiger partial charge in [0.2, 0.25) is 0 Å². The van der Waals surface area contributed by atoms with Crippen LogP contribution in [0.4, 0.5) is 5.69 Å². The number of aliphatic carboxylic acids is 1. The minimum atomic E-state index is -0.880. The van der Waals surface area contributed by atoms with E-state index >= 15 is 0 Å². The summed E-state index contributed by atoms with van der Waals surface area (Å²) in [6.07, 6.45) is 2.25. The maximum Gasteiger partial charge on any atom is 0.303 e. The number of aromatic amines is 1. The van der Waals surface area contributed by atoms with E-state index < -0.39 is 10.9 Å². The summed E-state index contributed by atoms with van der Waals surface area (Å²) in [7, 11) is 0. The van der Waals surface area contributed by atoms with E-state index in [4.69, 9.17) is 5.11 Å². The standard InChI is InChI=1S/C13H14N2O4S/c1-7-8(3-6-11(16)17)12-10(20-2)5-4-9(15(18)19)13(12)14-7/h4-5,14H,3,6H2,1-2H3,(H,16,17). The van der Waals surface area contributed by atoms with E-state index in [9.17, 15) is 14.9 Å². The monoisotopic (exact) mass is 294 g/mol. The summed E-state index contributed by atoms with van der Waals surface area (Å²) in [5.74, 6) is -0.880. The Balaban J connectivity index is 2.68. The first-order valence-corrected chi connectivity index (χ1v) is 7.22. The molecule has 7 heteroatoms. The molecule has 0 saturated heterocycles. The molecule has 2 aromatic rings. The third kappa shape index (κ3) is 2.49. The number of hydrogen-bond donors (Lipinski definition) is 2. The van der Waals surface area contributed by atoms with Crippen LogP contribution in [-0.2, 0) is 11.2 Å². The Kier molecular flexibility index (Phi) is 3.99. The van der Waals surface area contributed by atoms with Crippen LogP contribution in [0.1, 0.15) is 17.7 Å². The molecule has 0 spiro atoms. The molecule has 1 aromatic heterocycles. The number of fused-ring (bicyclic) bond motifs is 1. The number of non-ortho nitro benzene ring substituents is 1. The number of carboxylic acid groups (broad SMARTS) is 1. The fourth-order valence-corrected chi connectivity index (χ4v) is 2.95. The van der Waals surface area contributed by atoms with Crippen LogP contribution < -0.4 is 0 Å². The molecule has 0 atom stereocenters. The molecule has 2 rings (SSSR count). The van der Waals surface area contributed by atoms with Crippen LogP contribution in [0.2, 0.25) is 0 Å². The number of nitro benzene ring substituents is 1. The van der Waals surface area contributed by atoms with Crippen LogP contribution in [0.25, 0.3) is 10.9 Å². The Hall–Kier alpha value is -2.02. The number of aryl methyl sites for hydroxylation is 2. The lowest BCUT2D eigenvalue weighted by atomic mass is 10.1. The van der Waals surface area contributed by atoms with Crippen LogP contribution in [-0.4, -0.2) is 27.2 Å². The van der Waals surface area contributed by atoms with Crippen molar-refractivity contribution in [3.05, 3.63) is 33.5 Å². The quantitative estimate of drug-likeness (QED) is 0.501. The zero-order valence-corrected chi connectivity index (χ0v) is 11.9. The average molecular weight is 294 g/mol. The number of thioether (sulfide) groups is 1. The van der Waals surface area contributed by atoms with Crippen molar-refractivity contribution in [1.29, 1.82) is 0 Å². The predicted octanol–water partition coefficient (Wildman–Crippen LogP) is 3.12. The van der Waals surface area contributed by atoms with Gasteiger partial charge in [-0.3, -0.25) is 14.9 Å². The van der Waals surface area contributed by atoms with Crippen LogP contribution in [0, 0.1) is 17.0 Å². The van der Waals surface area contributed by atoms with Crippen LogP contribution in [0.3, 0.4) is 0 Å². The number of rotatable bonds is 5. The molecule has 20 heavy (non-hydrogen) atoms. The molecule has 0 unspecified atom stereocenters. The van der Waals surface area contributed by atoms with E-state index in [0.29, 0.717) is 11.9 Å². The minimum Gasteiger partial charge on any atom is -0.481 e. The minimum absolute atomic E-state index is 0.00427. The first-order valence-electron chi connectivity index (χ1n) is 6.00. The van der Waals surface area contributed by atoms with Crippen molar-refractivity contribution in [3.8, 4) is 0 Å². The molecule has 0 aliphatic carbocycles. The third-order valence-corrected chi connectivity index (χ3v) is 4.00. The molecule has 0 radical (unpaired) electrons. The van der Waals surface area contributed by atoms with Gasteiger partial charge < -0.3 is 10.1 Å². The van der Waals surface area contributed by atoms with Crippen molar-refractivity contribution >= 4 is 34.3 Å². The van der Waals surface area contributed by atoms with Gasteiger partial charge in [-0.1, -0.05) is 0 Å². The van der Waals surface area contributed by atoms with Crippen molar-refractivity contribution in [2.75, 3.05) is 6.26 Å². The van der Waals surface area contributed by atoms with Crippen molar-refractivity contribution in [2.45, 2.75) is 24.7 Å². The molecule has 6 nitrogen and oxygen atoms in total. The van der Waals surface area contributed by atoms with Gasteiger partial charge in [0.1, 0.15) is 5.52 Å². The van der Waals surface area contributed by atoms with Gasteiger partial charge in [-0.25, -0.2) is 0 Å². The van der Waals surface area contributed by atoms with Gasteiger partial charge in [0, 0.05) is 28.5 Å². The Labute approximate surface area is 119 Å². The van der Waals surface area contributed by atoms with Gasteiger partial charge in [0.25, 0.3) is 5.69 Å². The average Bonchev–Trinajstić information content (AvgIpc) is 2.71. The second kappa shape index (κ2) is 5.54. The summed E-state index contributed by atoms with van der Waals surface area (Å²) >= 11 is 1.49. The zero-order chi connectivity index (χ0) is 14.9. The number of carbonyl (C=O) groups is 1. The summed E-state index contributed by atoms with van der Waals surface area (Å²) in [6.45, 7) is 1.81. The molecule has 0 aliphatic rings. The SMILES string of the molecule is CSc1ccc([N+](=O)[O-])c2[nH]c(C)c(CCC(=O)O)c12. The van der Waals surface area contributed by atoms with E-state index in [0.717, 1.165) is 21.5 Å². The van der Waals surface area contributed by atoms with E-state index in [-0.39, 0.29) is 12.1 Å². The highest BCUT2D eigenvalue weighted by molar-refractivity contribution is 7.98. The lowest BCUT2D eigenvalue weighted by Gasteiger charge is -2.04. The number of nitrogens with zero attached hydrogens (tertiary/aromatic N) is 1. The van der Waals surface area contributed by atoms with E-state index in [1.165, 1.54) is 17.8 Å². The van der Waals surface area contributed by atoms with Crippen molar-refractivity contribution in [3.63, 3.8) is 0 Å². The smallest absolute Gasteiger partial charge is 0.303 e. The van der Waals surface area contributed by atoms with Gasteiger partial charge in [-0.15, -0.1) is 11.8 Å². The Morgan fingerprint density at radius 2 is 2.20 bits per heavy atom. The van der Waals surface area contributed by atoms with Gasteiger partial charge in [-0.05, 0) is 31.2 Å². The number of nitrogens with one attached hydrogen (secondary N) is 1. The number of benzene rings is 1. The molecule has 0 fully saturated rings. The maximum atomic E-state index is 11.1. The fraction of sp³-hybridized carbons (Fsp3) is 0.308. The molecule has 1 heterocycles. The molecule has 0 amide bonds. The van der Waals surface area contributed by atoms with Crippen molar-refractivity contribution in [1.82, 2.24) is 4.98 Å². The predicted molar refractivity (Wildman–Crippen MR) is 77.4 cm³/mol. The number of carboxylic acids is 1. The normalized spacial score (nSPS) is 10.9. The number of aromatic nitrogens is 1. The first kappa shape index (κ1) is 14.4. The van der Waals surface area contributed by atoms with Crippen LogP contribution in [0.5, 0.6) is 0 Å². The highest BCUT2D eigenvalue weighted by atomic mass is 32.2. The molecular weight excluding hydrogens is 280 g/mol. The van der Waals surface area contributed by atoms with E-state index in [1.54, 1.807) is 6.07 Å². The molecule has 106 valence electrons. The van der Waals surface area contributed by atoms with Gasteiger partial charge in [0.15, 0.2) is 0 Å². The molecule has 0 bridgehead atoms. The van der Waals surface area contributed by atoms with E-state index in [2.05, 4.69) is 4.98 Å². The summed E-state index contributed by atoms with van der Waals surface area (Å²) in [4.78, 5) is 25.3. The Bertz CT molecular complexity index is 693.